The summed E-state index contributed by atoms with van der Waals surface area (Å²) in [4.78, 5) is 4.27. The zero-order valence-electron chi connectivity index (χ0n) is 9.08. The van der Waals surface area contributed by atoms with Crippen molar-refractivity contribution in [2.24, 2.45) is 5.73 Å². The topological polar surface area (TPSA) is 48.1 Å². The van der Waals surface area contributed by atoms with Gasteiger partial charge in [0.1, 0.15) is 5.75 Å². The Morgan fingerprint density at radius 2 is 2.21 bits per heavy atom. The molecule has 0 saturated heterocycles. The molecule has 1 aromatic rings. The molecule has 0 atom stereocenters. The number of pyridine rings is 1. The Bertz CT molecular complexity index is 292. The third kappa shape index (κ3) is 3.34. The second-order valence-corrected chi connectivity index (χ2v) is 4.14. The highest BCUT2D eigenvalue weighted by molar-refractivity contribution is 5.26. The molecule has 3 heteroatoms. The molecule has 0 aliphatic carbocycles. The second-order valence-electron chi connectivity index (χ2n) is 4.14. The molecule has 0 aliphatic heterocycles. The van der Waals surface area contributed by atoms with E-state index in [0.717, 1.165) is 24.3 Å². The Balaban J connectivity index is 2.67. The number of nitrogens with zero attached hydrogens (tertiary/aromatic N) is 1. The number of nitrogens with two attached hydrogens (primary N) is 1. The molecule has 2 N–H and O–H groups in total. The standard InChI is InChI=1S/C11H18N2O/c1-11(2,12)7-6-9-10(14-3)5-4-8-13-9/h4-5,8H,6-7,12H2,1-3H3. The van der Waals surface area contributed by atoms with Gasteiger partial charge in [-0.3, -0.25) is 4.98 Å². The first-order valence-electron chi connectivity index (χ1n) is 4.80. The van der Waals surface area contributed by atoms with Crippen LogP contribution in [0.2, 0.25) is 0 Å². The lowest BCUT2D eigenvalue weighted by Gasteiger charge is -2.18. The van der Waals surface area contributed by atoms with Gasteiger partial charge in [0.15, 0.2) is 0 Å². The van der Waals surface area contributed by atoms with E-state index in [1.54, 1.807) is 13.3 Å². The maximum Gasteiger partial charge on any atom is 0.140 e. The van der Waals surface area contributed by atoms with Crippen molar-refractivity contribution >= 4 is 0 Å². The molecule has 0 bridgehead atoms. The van der Waals surface area contributed by atoms with Crippen LogP contribution in [-0.2, 0) is 6.42 Å². The van der Waals surface area contributed by atoms with Gasteiger partial charge in [-0.05, 0) is 38.8 Å². The fraction of sp³-hybridized carbons (Fsp3) is 0.545. The minimum Gasteiger partial charge on any atom is -0.495 e. The minimum atomic E-state index is -0.150. The van der Waals surface area contributed by atoms with Crippen LogP contribution in [0.5, 0.6) is 5.75 Å². The Kier molecular flexibility index (Phi) is 3.47. The molecule has 0 aromatic carbocycles. The summed E-state index contributed by atoms with van der Waals surface area (Å²) in [7, 11) is 1.66. The molecule has 0 spiro atoms. The molecule has 0 aliphatic rings. The van der Waals surface area contributed by atoms with E-state index < -0.39 is 0 Å². The number of methoxy groups -OCH3 is 1. The third-order valence-corrected chi connectivity index (χ3v) is 2.07. The van der Waals surface area contributed by atoms with Crippen molar-refractivity contribution in [3.63, 3.8) is 0 Å². The van der Waals surface area contributed by atoms with Crippen LogP contribution in [0, 0.1) is 0 Å². The van der Waals surface area contributed by atoms with Gasteiger partial charge in [0.05, 0.1) is 12.8 Å². The molecule has 1 rings (SSSR count). The summed E-state index contributed by atoms with van der Waals surface area (Å²) in [5, 5.41) is 0. The maximum atomic E-state index is 5.91. The Morgan fingerprint density at radius 3 is 2.79 bits per heavy atom. The lowest BCUT2D eigenvalue weighted by atomic mass is 9.98. The summed E-state index contributed by atoms with van der Waals surface area (Å²) in [6, 6.07) is 3.79. The van der Waals surface area contributed by atoms with Crippen molar-refractivity contribution in [3.8, 4) is 5.75 Å². The Morgan fingerprint density at radius 1 is 1.50 bits per heavy atom. The molecule has 0 saturated carbocycles. The zero-order chi connectivity index (χ0) is 10.6. The number of aryl methyl sites for hydroxylation is 1. The first-order chi connectivity index (χ1) is 6.53. The smallest absolute Gasteiger partial charge is 0.140 e. The average molecular weight is 194 g/mol. The molecule has 3 nitrogen and oxygen atoms in total. The van der Waals surface area contributed by atoms with Gasteiger partial charge in [0, 0.05) is 11.7 Å². The monoisotopic (exact) mass is 194 g/mol. The van der Waals surface area contributed by atoms with Crippen LogP contribution in [-0.4, -0.2) is 17.6 Å². The molecule has 1 heterocycles. The highest BCUT2D eigenvalue weighted by atomic mass is 16.5. The van der Waals surface area contributed by atoms with E-state index in [1.165, 1.54) is 0 Å². The molecule has 78 valence electrons. The SMILES string of the molecule is COc1cccnc1CCC(C)(C)N. The van der Waals surface area contributed by atoms with Crippen LogP contribution in [0.15, 0.2) is 18.3 Å². The van der Waals surface area contributed by atoms with Crippen LogP contribution in [0.4, 0.5) is 0 Å². The summed E-state index contributed by atoms with van der Waals surface area (Å²) in [6.45, 7) is 4.03. The van der Waals surface area contributed by atoms with Crippen molar-refractivity contribution in [1.29, 1.82) is 0 Å². The van der Waals surface area contributed by atoms with Gasteiger partial charge in [-0.1, -0.05) is 0 Å². The molecule has 1 aromatic heterocycles. The van der Waals surface area contributed by atoms with Crippen molar-refractivity contribution in [1.82, 2.24) is 4.98 Å². The molecular weight excluding hydrogens is 176 g/mol. The summed E-state index contributed by atoms with van der Waals surface area (Å²) in [6.07, 6.45) is 3.54. The minimum absolute atomic E-state index is 0.150. The van der Waals surface area contributed by atoms with Gasteiger partial charge < -0.3 is 10.5 Å². The number of hydrogen-bond acceptors (Lipinski definition) is 3. The van der Waals surface area contributed by atoms with Gasteiger partial charge in [0.25, 0.3) is 0 Å². The van der Waals surface area contributed by atoms with E-state index in [2.05, 4.69) is 4.98 Å². The lowest BCUT2D eigenvalue weighted by Crippen LogP contribution is -2.32. The number of ether oxygens (including phenoxy) is 1. The van der Waals surface area contributed by atoms with E-state index in [4.69, 9.17) is 10.5 Å². The van der Waals surface area contributed by atoms with Crippen molar-refractivity contribution in [2.45, 2.75) is 32.2 Å². The first-order valence-corrected chi connectivity index (χ1v) is 4.80. The summed E-state index contributed by atoms with van der Waals surface area (Å²) in [5.41, 5.74) is 6.74. The van der Waals surface area contributed by atoms with Crippen molar-refractivity contribution in [3.05, 3.63) is 24.0 Å². The highest BCUT2D eigenvalue weighted by Crippen LogP contribution is 2.18. The van der Waals surface area contributed by atoms with Crippen molar-refractivity contribution < 1.29 is 4.74 Å². The van der Waals surface area contributed by atoms with Crippen LogP contribution in [0.25, 0.3) is 0 Å². The van der Waals surface area contributed by atoms with Gasteiger partial charge in [-0.25, -0.2) is 0 Å². The first kappa shape index (κ1) is 11.0. The predicted molar refractivity (Wildman–Crippen MR) is 57.4 cm³/mol. The molecule has 0 unspecified atom stereocenters. The fourth-order valence-electron chi connectivity index (χ4n) is 1.24. The van der Waals surface area contributed by atoms with E-state index in [1.807, 2.05) is 26.0 Å². The van der Waals surface area contributed by atoms with Gasteiger partial charge in [0.2, 0.25) is 0 Å². The van der Waals surface area contributed by atoms with E-state index >= 15 is 0 Å². The van der Waals surface area contributed by atoms with Gasteiger partial charge in [-0.2, -0.15) is 0 Å². The molecule has 0 radical (unpaired) electrons. The lowest BCUT2D eigenvalue weighted by molar-refractivity contribution is 0.400. The van der Waals surface area contributed by atoms with Gasteiger partial charge in [-0.15, -0.1) is 0 Å². The maximum absolute atomic E-state index is 5.91. The number of aromatic nitrogens is 1. The second kappa shape index (κ2) is 4.42. The van der Waals surface area contributed by atoms with Crippen LogP contribution in [0.1, 0.15) is 26.0 Å². The van der Waals surface area contributed by atoms with E-state index in [-0.39, 0.29) is 5.54 Å². The zero-order valence-corrected chi connectivity index (χ0v) is 9.08. The largest absolute Gasteiger partial charge is 0.495 e. The van der Waals surface area contributed by atoms with E-state index in [9.17, 15) is 0 Å². The van der Waals surface area contributed by atoms with Gasteiger partial charge >= 0.3 is 0 Å². The van der Waals surface area contributed by atoms with E-state index in [0.29, 0.717) is 0 Å². The molecule has 14 heavy (non-hydrogen) atoms. The van der Waals surface area contributed by atoms with Crippen molar-refractivity contribution in [2.75, 3.05) is 7.11 Å². The third-order valence-electron chi connectivity index (χ3n) is 2.07. The molecule has 0 fully saturated rings. The fourth-order valence-corrected chi connectivity index (χ4v) is 1.24. The highest BCUT2D eigenvalue weighted by Gasteiger charge is 2.12. The molecule has 0 amide bonds. The predicted octanol–water partition coefficient (Wildman–Crippen LogP) is 1.76. The summed E-state index contributed by atoms with van der Waals surface area (Å²) < 4.78 is 5.21. The summed E-state index contributed by atoms with van der Waals surface area (Å²) in [5.74, 6) is 0.844. The molecular formula is C11H18N2O. The normalized spacial score (nSPS) is 11.4. The number of hydrogen-bond donors (Lipinski definition) is 1. The average Bonchev–Trinajstić information content (AvgIpc) is 2.14. The van der Waals surface area contributed by atoms with Crippen LogP contribution in [0.3, 0.4) is 0 Å². The quantitative estimate of drug-likeness (QED) is 0.794. The summed E-state index contributed by atoms with van der Waals surface area (Å²) >= 11 is 0. The Hall–Kier alpha value is -1.09. The Labute approximate surface area is 85.3 Å². The van der Waals surface area contributed by atoms with Crippen LogP contribution >= 0.6 is 0 Å². The van der Waals surface area contributed by atoms with Crippen LogP contribution < -0.4 is 10.5 Å². The number of rotatable bonds is 4.